The van der Waals surface area contributed by atoms with Gasteiger partial charge in [0.2, 0.25) is 0 Å². The summed E-state index contributed by atoms with van der Waals surface area (Å²) in [5.41, 5.74) is 0. The summed E-state index contributed by atoms with van der Waals surface area (Å²) < 4.78 is 13.7. The Labute approximate surface area is 100 Å². The third-order valence-corrected chi connectivity index (χ3v) is 1.17. The average Bonchev–Trinajstić information content (AvgIpc) is 2.26. The van der Waals surface area contributed by atoms with Crippen molar-refractivity contribution in [3.63, 3.8) is 0 Å². The SMILES string of the molecule is CC(=O)OCCO.CC(=O)OCCOCCO. The van der Waals surface area contributed by atoms with Gasteiger partial charge in [0.1, 0.15) is 13.2 Å². The summed E-state index contributed by atoms with van der Waals surface area (Å²) in [4.78, 5) is 20.0. The third kappa shape index (κ3) is 25.3. The zero-order valence-corrected chi connectivity index (χ0v) is 10.2. The molecule has 0 aliphatic heterocycles. The second-order valence-corrected chi connectivity index (χ2v) is 2.74. The van der Waals surface area contributed by atoms with Crippen LogP contribution < -0.4 is 0 Å². The molecular formula is C10H20O7. The van der Waals surface area contributed by atoms with Crippen molar-refractivity contribution >= 4 is 11.9 Å². The molecule has 0 aliphatic rings. The number of ether oxygens (including phenoxy) is 3. The van der Waals surface area contributed by atoms with Crippen LogP contribution in [0.4, 0.5) is 0 Å². The van der Waals surface area contributed by atoms with Gasteiger partial charge < -0.3 is 24.4 Å². The molecule has 0 aromatic heterocycles. The minimum Gasteiger partial charge on any atom is -0.463 e. The van der Waals surface area contributed by atoms with Gasteiger partial charge in [0.25, 0.3) is 0 Å². The Kier molecular flexibility index (Phi) is 15.9. The largest absolute Gasteiger partial charge is 0.463 e. The Morgan fingerprint density at radius 3 is 1.65 bits per heavy atom. The minimum absolute atomic E-state index is 0.0000709. The third-order valence-electron chi connectivity index (χ3n) is 1.17. The van der Waals surface area contributed by atoms with Crippen molar-refractivity contribution in [1.29, 1.82) is 0 Å². The number of rotatable bonds is 7. The summed E-state index contributed by atoms with van der Waals surface area (Å²) in [6.45, 7) is 3.55. The van der Waals surface area contributed by atoms with Crippen molar-refractivity contribution in [2.24, 2.45) is 0 Å². The standard InChI is InChI=1S/C6H12O4.C4H8O3/c1-6(8)10-5-4-9-3-2-7;1-4(6)7-3-2-5/h7H,2-5H2,1H3;5H,2-3H2,1H3. The van der Waals surface area contributed by atoms with Gasteiger partial charge in [0, 0.05) is 13.8 Å². The molecule has 0 atom stereocenters. The lowest BCUT2D eigenvalue weighted by Crippen LogP contribution is -2.09. The van der Waals surface area contributed by atoms with E-state index < -0.39 is 0 Å². The first-order valence-corrected chi connectivity index (χ1v) is 5.10. The fourth-order valence-electron chi connectivity index (χ4n) is 0.600. The molecule has 0 aliphatic carbocycles. The van der Waals surface area contributed by atoms with Gasteiger partial charge in [-0.25, -0.2) is 0 Å². The quantitative estimate of drug-likeness (QED) is 0.447. The fourth-order valence-corrected chi connectivity index (χ4v) is 0.600. The van der Waals surface area contributed by atoms with Crippen LogP contribution in [0.5, 0.6) is 0 Å². The number of carbonyl (C=O) groups is 2. The Morgan fingerprint density at radius 1 is 0.824 bits per heavy atom. The second-order valence-electron chi connectivity index (χ2n) is 2.74. The zero-order valence-electron chi connectivity index (χ0n) is 10.2. The average molecular weight is 252 g/mol. The number of carbonyl (C=O) groups excluding carboxylic acids is 2. The number of aliphatic hydroxyl groups is 2. The smallest absolute Gasteiger partial charge is 0.302 e. The van der Waals surface area contributed by atoms with E-state index in [4.69, 9.17) is 14.9 Å². The Bertz CT molecular complexity index is 193. The molecular weight excluding hydrogens is 232 g/mol. The Balaban J connectivity index is 0. The molecule has 17 heavy (non-hydrogen) atoms. The predicted octanol–water partition coefficient (Wildman–Crippen LogP) is -0.900. The molecule has 7 nitrogen and oxygen atoms in total. The molecule has 0 saturated carbocycles. The van der Waals surface area contributed by atoms with Crippen LogP contribution in [0.25, 0.3) is 0 Å². The van der Waals surface area contributed by atoms with Crippen molar-refractivity contribution in [1.82, 2.24) is 0 Å². The van der Waals surface area contributed by atoms with E-state index in [0.717, 1.165) is 0 Å². The van der Waals surface area contributed by atoms with Crippen LogP contribution in [0.2, 0.25) is 0 Å². The maximum atomic E-state index is 10.1. The summed E-state index contributed by atoms with van der Waals surface area (Å²) in [6, 6.07) is 0. The molecule has 0 spiro atoms. The van der Waals surface area contributed by atoms with Crippen LogP contribution >= 0.6 is 0 Å². The minimum atomic E-state index is -0.353. The number of hydrogen-bond donors (Lipinski definition) is 2. The molecule has 0 bridgehead atoms. The van der Waals surface area contributed by atoms with E-state index in [0.29, 0.717) is 13.2 Å². The van der Waals surface area contributed by atoms with E-state index in [1.165, 1.54) is 13.8 Å². The Hall–Kier alpha value is -1.18. The lowest BCUT2D eigenvalue weighted by molar-refractivity contribution is -0.143. The monoisotopic (exact) mass is 252 g/mol. The van der Waals surface area contributed by atoms with Crippen molar-refractivity contribution in [2.45, 2.75) is 13.8 Å². The molecule has 2 N–H and O–H groups in total. The molecule has 0 saturated heterocycles. The molecule has 0 aromatic carbocycles. The second kappa shape index (κ2) is 14.8. The molecule has 0 heterocycles. The maximum absolute atomic E-state index is 10.1. The van der Waals surface area contributed by atoms with E-state index in [1.54, 1.807) is 0 Å². The lowest BCUT2D eigenvalue weighted by Gasteiger charge is -2.01. The molecule has 0 radical (unpaired) electrons. The molecule has 0 fully saturated rings. The van der Waals surface area contributed by atoms with Gasteiger partial charge in [-0.15, -0.1) is 0 Å². The summed E-state index contributed by atoms with van der Waals surface area (Å²) in [5.74, 6) is -0.665. The highest BCUT2D eigenvalue weighted by Gasteiger charge is 1.91. The number of hydrogen-bond acceptors (Lipinski definition) is 7. The molecule has 0 amide bonds. The van der Waals surface area contributed by atoms with Gasteiger partial charge >= 0.3 is 11.9 Å². The van der Waals surface area contributed by atoms with Gasteiger partial charge in [0.15, 0.2) is 0 Å². The number of esters is 2. The van der Waals surface area contributed by atoms with E-state index in [-0.39, 0.29) is 38.4 Å². The molecule has 0 aromatic rings. The van der Waals surface area contributed by atoms with E-state index in [1.807, 2.05) is 0 Å². The first-order chi connectivity index (χ1) is 8.04. The van der Waals surface area contributed by atoms with Crippen LogP contribution in [0.3, 0.4) is 0 Å². The van der Waals surface area contributed by atoms with Crippen LogP contribution in [-0.4, -0.2) is 61.8 Å². The molecule has 0 rings (SSSR count). The highest BCUT2D eigenvalue weighted by molar-refractivity contribution is 5.66. The Morgan fingerprint density at radius 2 is 1.29 bits per heavy atom. The van der Waals surface area contributed by atoms with E-state index in [9.17, 15) is 9.59 Å². The highest BCUT2D eigenvalue weighted by atomic mass is 16.6. The van der Waals surface area contributed by atoms with Crippen LogP contribution in [0.1, 0.15) is 13.8 Å². The fraction of sp³-hybridized carbons (Fsp3) is 0.800. The van der Waals surface area contributed by atoms with E-state index in [2.05, 4.69) is 9.47 Å². The summed E-state index contributed by atoms with van der Waals surface area (Å²) in [6.07, 6.45) is 0. The highest BCUT2D eigenvalue weighted by Crippen LogP contribution is 1.78. The van der Waals surface area contributed by atoms with Crippen molar-refractivity contribution in [3.05, 3.63) is 0 Å². The van der Waals surface area contributed by atoms with Crippen molar-refractivity contribution in [3.8, 4) is 0 Å². The van der Waals surface area contributed by atoms with Gasteiger partial charge in [-0.1, -0.05) is 0 Å². The number of aliphatic hydroxyl groups excluding tert-OH is 2. The normalized spacial score (nSPS) is 8.94. The van der Waals surface area contributed by atoms with Gasteiger partial charge in [-0.2, -0.15) is 0 Å². The van der Waals surface area contributed by atoms with Crippen LogP contribution in [-0.2, 0) is 23.8 Å². The van der Waals surface area contributed by atoms with Crippen LogP contribution in [0, 0.1) is 0 Å². The molecule has 0 unspecified atom stereocenters. The van der Waals surface area contributed by atoms with Gasteiger partial charge in [-0.3, -0.25) is 9.59 Å². The molecule has 7 heteroatoms. The topological polar surface area (TPSA) is 102 Å². The van der Waals surface area contributed by atoms with E-state index >= 15 is 0 Å². The van der Waals surface area contributed by atoms with Crippen molar-refractivity contribution < 1.29 is 34.0 Å². The van der Waals surface area contributed by atoms with Gasteiger partial charge in [-0.05, 0) is 0 Å². The summed E-state index contributed by atoms with van der Waals surface area (Å²) in [7, 11) is 0. The summed E-state index contributed by atoms with van der Waals surface area (Å²) >= 11 is 0. The summed E-state index contributed by atoms with van der Waals surface area (Å²) in [5, 5.41) is 16.3. The molecule has 102 valence electrons. The lowest BCUT2D eigenvalue weighted by atomic mass is 10.7. The zero-order chi connectivity index (χ0) is 13.5. The predicted molar refractivity (Wildman–Crippen MR) is 58.3 cm³/mol. The first kappa shape index (κ1) is 18.2. The van der Waals surface area contributed by atoms with Crippen LogP contribution in [0.15, 0.2) is 0 Å². The maximum Gasteiger partial charge on any atom is 0.302 e. The van der Waals surface area contributed by atoms with Gasteiger partial charge in [0.05, 0.1) is 26.4 Å². The van der Waals surface area contributed by atoms with Crippen molar-refractivity contribution in [2.75, 3.05) is 39.6 Å². The first-order valence-electron chi connectivity index (χ1n) is 5.10.